The molecule has 0 aliphatic heterocycles. The molecule has 2 aromatic carbocycles. The van der Waals surface area contributed by atoms with Crippen molar-refractivity contribution in [3.63, 3.8) is 0 Å². The molecule has 0 fully saturated rings. The monoisotopic (exact) mass is 255 g/mol. The highest BCUT2D eigenvalue weighted by Crippen LogP contribution is 2.27. The van der Waals surface area contributed by atoms with Crippen molar-refractivity contribution in [2.75, 3.05) is 0 Å². The summed E-state index contributed by atoms with van der Waals surface area (Å²) in [6.45, 7) is 4.23. The average molecular weight is 255 g/mol. The first kappa shape index (κ1) is 13.1. The zero-order chi connectivity index (χ0) is 13.8. The standard InChI is InChI=1S/C16H14FNO/c1-11(2)12-3-6-15(7-4-12)19-16-8-5-14(17)9-13(16)10-18/h3-9,11H,1-2H3. The van der Waals surface area contributed by atoms with Crippen molar-refractivity contribution >= 4 is 0 Å². The molecule has 0 aliphatic rings. The van der Waals surface area contributed by atoms with E-state index in [0.29, 0.717) is 17.4 Å². The molecule has 2 nitrogen and oxygen atoms in total. The topological polar surface area (TPSA) is 33.0 Å². The Morgan fingerprint density at radius 1 is 1.11 bits per heavy atom. The van der Waals surface area contributed by atoms with Crippen molar-refractivity contribution < 1.29 is 9.13 Å². The molecule has 0 amide bonds. The van der Waals surface area contributed by atoms with Crippen LogP contribution in [0.2, 0.25) is 0 Å². The molecule has 0 spiro atoms. The molecule has 0 saturated carbocycles. The fourth-order valence-corrected chi connectivity index (χ4v) is 1.73. The van der Waals surface area contributed by atoms with Gasteiger partial charge in [0.05, 0.1) is 5.56 Å². The molecule has 0 atom stereocenters. The Labute approximate surface area is 112 Å². The first-order chi connectivity index (χ1) is 9.10. The summed E-state index contributed by atoms with van der Waals surface area (Å²) in [5.41, 5.74) is 1.40. The number of benzene rings is 2. The van der Waals surface area contributed by atoms with E-state index in [-0.39, 0.29) is 5.56 Å². The maximum Gasteiger partial charge on any atom is 0.145 e. The molecule has 0 bridgehead atoms. The third-order valence-corrected chi connectivity index (χ3v) is 2.84. The summed E-state index contributed by atoms with van der Waals surface area (Å²) in [5, 5.41) is 8.94. The zero-order valence-electron chi connectivity index (χ0n) is 10.9. The highest BCUT2D eigenvalue weighted by molar-refractivity contribution is 5.45. The summed E-state index contributed by atoms with van der Waals surface area (Å²) in [5.74, 6) is 1.00. The molecule has 0 saturated heterocycles. The Balaban J connectivity index is 2.24. The predicted molar refractivity (Wildman–Crippen MR) is 71.7 cm³/mol. The SMILES string of the molecule is CC(C)c1ccc(Oc2ccc(F)cc2C#N)cc1. The molecule has 0 aromatic heterocycles. The zero-order valence-corrected chi connectivity index (χ0v) is 10.9. The quantitative estimate of drug-likeness (QED) is 0.802. The Morgan fingerprint density at radius 3 is 2.37 bits per heavy atom. The van der Waals surface area contributed by atoms with E-state index in [1.54, 1.807) is 0 Å². The van der Waals surface area contributed by atoms with Crippen molar-refractivity contribution in [2.24, 2.45) is 0 Å². The minimum absolute atomic E-state index is 0.188. The first-order valence-corrected chi connectivity index (χ1v) is 6.07. The highest BCUT2D eigenvalue weighted by Gasteiger charge is 2.06. The Morgan fingerprint density at radius 2 is 1.79 bits per heavy atom. The van der Waals surface area contributed by atoms with Gasteiger partial charge in [-0.2, -0.15) is 5.26 Å². The maximum atomic E-state index is 13.0. The lowest BCUT2D eigenvalue weighted by Gasteiger charge is -2.09. The molecular formula is C16H14FNO. The van der Waals surface area contributed by atoms with Crippen molar-refractivity contribution in [3.05, 3.63) is 59.4 Å². The number of rotatable bonds is 3. The normalized spacial score (nSPS) is 10.3. The number of nitriles is 1. The van der Waals surface area contributed by atoms with Crippen molar-refractivity contribution in [1.82, 2.24) is 0 Å². The van der Waals surface area contributed by atoms with E-state index in [4.69, 9.17) is 10.00 Å². The number of hydrogen-bond donors (Lipinski definition) is 0. The summed E-state index contributed by atoms with van der Waals surface area (Å²) >= 11 is 0. The van der Waals surface area contributed by atoms with Crippen LogP contribution in [0.25, 0.3) is 0 Å². The van der Waals surface area contributed by atoms with Gasteiger partial charge >= 0.3 is 0 Å². The van der Waals surface area contributed by atoms with Crippen LogP contribution in [-0.4, -0.2) is 0 Å². The summed E-state index contributed by atoms with van der Waals surface area (Å²) < 4.78 is 18.6. The maximum absolute atomic E-state index is 13.0. The first-order valence-electron chi connectivity index (χ1n) is 6.07. The Kier molecular flexibility index (Phi) is 3.82. The van der Waals surface area contributed by atoms with Gasteiger partial charge in [0.2, 0.25) is 0 Å². The van der Waals surface area contributed by atoms with E-state index >= 15 is 0 Å². The largest absolute Gasteiger partial charge is 0.456 e. The Hall–Kier alpha value is -2.34. The van der Waals surface area contributed by atoms with Gasteiger partial charge in [0.25, 0.3) is 0 Å². The molecular weight excluding hydrogens is 241 g/mol. The summed E-state index contributed by atoms with van der Waals surface area (Å²) in [7, 11) is 0. The molecule has 2 rings (SSSR count). The summed E-state index contributed by atoms with van der Waals surface area (Å²) in [4.78, 5) is 0. The van der Waals surface area contributed by atoms with Crippen LogP contribution in [0.5, 0.6) is 11.5 Å². The lowest BCUT2D eigenvalue weighted by atomic mass is 10.0. The van der Waals surface area contributed by atoms with Crippen LogP contribution in [0.4, 0.5) is 4.39 Å². The van der Waals surface area contributed by atoms with Crippen LogP contribution in [-0.2, 0) is 0 Å². The van der Waals surface area contributed by atoms with Gasteiger partial charge in [-0.15, -0.1) is 0 Å². The molecule has 2 aromatic rings. The van der Waals surface area contributed by atoms with E-state index in [1.807, 2.05) is 30.3 Å². The lowest BCUT2D eigenvalue weighted by molar-refractivity contribution is 0.478. The second kappa shape index (κ2) is 5.53. The van der Waals surface area contributed by atoms with Crippen LogP contribution < -0.4 is 4.74 Å². The van der Waals surface area contributed by atoms with E-state index in [2.05, 4.69) is 13.8 Å². The third-order valence-electron chi connectivity index (χ3n) is 2.84. The van der Waals surface area contributed by atoms with Gasteiger partial charge in [0.15, 0.2) is 0 Å². The van der Waals surface area contributed by atoms with E-state index < -0.39 is 5.82 Å². The minimum Gasteiger partial charge on any atom is -0.456 e. The second-order valence-corrected chi connectivity index (χ2v) is 4.58. The van der Waals surface area contributed by atoms with E-state index in [9.17, 15) is 4.39 Å². The summed E-state index contributed by atoms with van der Waals surface area (Å²) in [6, 6.07) is 13.5. The van der Waals surface area contributed by atoms with Gasteiger partial charge in [0.1, 0.15) is 23.4 Å². The summed E-state index contributed by atoms with van der Waals surface area (Å²) in [6.07, 6.45) is 0. The molecule has 0 heterocycles. The predicted octanol–water partition coefficient (Wildman–Crippen LogP) is 4.61. The van der Waals surface area contributed by atoms with E-state index in [0.717, 1.165) is 6.07 Å². The van der Waals surface area contributed by atoms with Crippen molar-refractivity contribution in [2.45, 2.75) is 19.8 Å². The van der Waals surface area contributed by atoms with Gasteiger partial charge in [-0.3, -0.25) is 0 Å². The third kappa shape index (κ3) is 3.11. The number of hydrogen-bond acceptors (Lipinski definition) is 2. The molecule has 19 heavy (non-hydrogen) atoms. The van der Waals surface area contributed by atoms with Gasteiger partial charge in [-0.05, 0) is 41.8 Å². The van der Waals surface area contributed by atoms with Gasteiger partial charge in [-0.25, -0.2) is 4.39 Å². The average Bonchev–Trinajstić information content (AvgIpc) is 2.41. The fourth-order valence-electron chi connectivity index (χ4n) is 1.73. The van der Waals surface area contributed by atoms with Crippen LogP contribution in [0, 0.1) is 17.1 Å². The lowest BCUT2D eigenvalue weighted by Crippen LogP contribution is -1.91. The number of ether oxygens (including phenoxy) is 1. The smallest absolute Gasteiger partial charge is 0.145 e. The molecule has 0 unspecified atom stereocenters. The van der Waals surface area contributed by atoms with Gasteiger partial charge in [0, 0.05) is 0 Å². The second-order valence-electron chi connectivity index (χ2n) is 4.58. The molecule has 0 radical (unpaired) electrons. The van der Waals surface area contributed by atoms with Gasteiger partial charge in [-0.1, -0.05) is 26.0 Å². The minimum atomic E-state index is -0.445. The molecule has 0 aliphatic carbocycles. The molecule has 0 N–H and O–H groups in total. The van der Waals surface area contributed by atoms with Crippen LogP contribution in [0.3, 0.4) is 0 Å². The highest BCUT2D eigenvalue weighted by atomic mass is 19.1. The molecule has 3 heteroatoms. The van der Waals surface area contributed by atoms with E-state index in [1.165, 1.54) is 17.7 Å². The van der Waals surface area contributed by atoms with Gasteiger partial charge < -0.3 is 4.74 Å². The fraction of sp³-hybridized carbons (Fsp3) is 0.188. The number of halogens is 1. The van der Waals surface area contributed by atoms with Crippen LogP contribution in [0.1, 0.15) is 30.9 Å². The van der Waals surface area contributed by atoms with Crippen LogP contribution in [0.15, 0.2) is 42.5 Å². The van der Waals surface area contributed by atoms with Crippen molar-refractivity contribution in [3.8, 4) is 17.6 Å². The van der Waals surface area contributed by atoms with Crippen molar-refractivity contribution in [1.29, 1.82) is 5.26 Å². The Bertz CT molecular complexity index is 612. The van der Waals surface area contributed by atoms with Crippen LogP contribution >= 0.6 is 0 Å². The molecule has 96 valence electrons. The number of nitrogens with zero attached hydrogens (tertiary/aromatic N) is 1.